The Labute approximate surface area is 177 Å². The number of aromatic nitrogens is 3. The fraction of sp³-hybridized carbons (Fsp3) is 0.263. The number of aryl methyl sites for hydroxylation is 1. The lowest BCUT2D eigenvalue weighted by molar-refractivity contribution is -0.115. The Bertz CT molecular complexity index is 986. The van der Waals surface area contributed by atoms with E-state index in [0.717, 1.165) is 5.56 Å². The molecule has 0 spiro atoms. The van der Waals surface area contributed by atoms with E-state index >= 15 is 0 Å². The lowest BCUT2D eigenvalue weighted by atomic mass is 10.2. The average Bonchev–Trinajstić information content (AvgIpc) is 3.30. The lowest BCUT2D eigenvalue weighted by Gasteiger charge is -2.12. The number of halogens is 1. The van der Waals surface area contributed by atoms with E-state index in [1.165, 1.54) is 11.8 Å². The molecule has 8 nitrogen and oxygen atoms in total. The van der Waals surface area contributed by atoms with Gasteiger partial charge in [-0.3, -0.25) is 9.59 Å². The van der Waals surface area contributed by atoms with Crippen molar-refractivity contribution in [2.24, 2.45) is 0 Å². The Morgan fingerprint density at radius 2 is 2.00 bits per heavy atom. The van der Waals surface area contributed by atoms with Gasteiger partial charge in [-0.2, -0.15) is 5.10 Å². The maximum absolute atomic E-state index is 12.3. The molecule has 2 N–H and O–H groups in total. The zero-order valence-corrected chi connectivity index (χ0v) is 17.5. The SMILES string of the molecule is Cc1cc(NC(=O)[C@H](C)SCC(=O)Nc2ccnn2Cc2ccc(Cl)cc2)no1. The van der Waals surface area contributed by atoms with Crippen molar-refractivity contribution < 1.29 is 14.1 Å². The molecule has 0 unspecified atom stereocenters. The highest BCUT2D eigenvalue weighted by Gasteiger charge is 2.17. The summed E-state index contributed by atoms with van der Waals surface area (Å²) >= 11 is 7.13. The van der Waals surface area contributed by atoms with Gasteiger partial charge in [-0.25, -0.2) is 4.68 Å². The number of hydrogen-bond acceptors (Lipinski definition) is 6. The molecule has 0 fully saturated rings. The molecule has 3 rings (SSSR count). The second kappa shape index (κ2) is 9.62. The first-order chi connectivity index (χ1) is 13.9. The van der Waals surface area contributed by atoms with Crippen LogP contribution >= 0.6 is 23.4 Å². The van der Waals surface area contributed by atoms with Gasteiger partial charge in [0.1, 0.15) is 11.6 Å². The quantitative estimate of drug-likeness (QED) is 0.563. The smallest absolute Gasteiger partial charge is 0.238 e. The fourth-order valence-corrected chi connectivity index (χ4v) is 3.25. The molecule has 0 aliphatic rings. The summed E-state index contributed by atoms with van der Waals surface area (Å²) in [6.45, 7) is 3.97. The van der Waals surface area contributed by atoms with Crippen LogP contribution in [0.1, 0.15) is 18.2 Å². The molecule has 1 atom stereocenters. The van der Waals surface area contributed by atoms with Gasteiger partial charge in [-0.15, -0.1) is 11.8 Å². The second-order valence-electron chi connectivity index (χ2n) is 6.31. The summed E-state index contributed by atoms with van der Waals surface area (Å²) in [7, 11) is 0. The van der Waals surface area contributed by atoms with E-state index < -0.39 is 5.25 Å². The monoisotopic (exact) mass is 433 g/mol. The van der Waals surface area contributed by atoms with Gasteiger partial charge in [0.15, 0.2) is 5.82 Å². The molecule has 0 saturated heterocycles. The molecule has 2 heterocycles. The Morgan fingerprint density at radius 1 is 1.24 bits per heavy atom. The molecular weight excluding hydrogens is 414 g/mol. The topological polar surface area (TPSA) is 102 Å². The Hall–Kier alpha value is -2.78. The van der Waals surface area contributed by atoms with E-state index in [9.17, 15) is 9.59 Å². The second-order valence-corrected chi connectivity index (χ2v) is 8.08. The van der Waals surface area contributed by atoms with Crippen LogP contribution in [0.2, 0.25) is 5.02 Å². The van der Waals surface area contributed by atoms with Gasteiger partial charge in [0, 0.05) is 17.2 Å². The number of carbonyl (C=O) groups is 2. The maximum Gasteiger partial charge on any atom is 0.238 e. The van der Waals surface area contributed by atoms with Crippen LogP contribution in [-0.2, 0) is 16.1 Å². The van der Waals surface area contributed by atoms with E-state index in [1.807, 2.05) is 24.3 Å². The van der Waals surface area contributed by atoms with Crippen molar-refractivity contribution in [2.75, 3.05) is 16.4 Å². The molecule has 0 radical (unpaired) electrons. The summed E-state index contributed by atoms with van der Waals surface area (Å²) in [5, 5.41) is 13.7. The van der Waals surface area contributed by atoms with Crippen LogP contribution in [-0.4, -0.2) is 37.8 Å². The molecule has 0 saturated carbocycles. The zero-order chi connectivity index (χ0) is 20.8. The summed E-state index contributed by atoms with van der Waals surface area (Å²) in [6, 6.07) is 10.8. The number of thioether (sulfide) groups is 1. The van der Waals surface area contributed by atoms with E-state index in [-0.39, 0.29) is 17.6 Å². The molecular formula is C19H20ClN5O3S. The molecule has 152 valence electrons. The Kier molecular flexibility index (Phi) is 6.95. The highest BCUT2D eigenvalue weighted by molar-refractivity contribution is 8.01. The first-order valence-corrected chi connectivity index (χ1v) is 10.3. The van der Waals surface area contributed by atoms with Gasteiger partial charge >= 0.3 is 0 Å². The van der Waals surface area contributed by atoms with Crippen LogP contribution in [0.5, 0.6) is 0 Å². The van der Waals surface area contributed by atoms with Crippen LogP contribution in [0.3, 0.4) is 0 Å². The molecule has 0 aliphatic carbocycles. The van der Waals surface area contributed by atoms with E-state index in [1.54, 1.807) is 36.9 Å². The van der Waals surface area contributed by atoms with E-state index in [0.29, 0.717) is 29.0 Å². The molecule has 0 aliphatic heterocycles. The summed E-state index contributed by atoms with van der Waals surface area (Å²) in [5.41, 5.74) is 1.01. The van der Waals surface area contributed by atoms with Crippen molar-refractivity contribution >= 4 is 46.8 Å². The fourth-order valence-electron chi connectivity index (χ4n) is 2.44. The standard InChI is InChI=1S/C19H20ClN5O3S/c1-12-9-16(24-28-12)22-19(27)13(2)29-11-18(26)23-17-7-8-21-25(17)10-14-3-5-15(20)6-4-14/h3-9,13H,10-11H2,1-2H3,(H,23,26)(H,22,24,27)/t13-/m0/s1. The molecule has 1 aromatic carbocycles. The first-order valence-electron chi connectivity index (χ1n) is 8.82. The number of benzene rings is 1. The number of nitrogens with zero attached hydrogens (tertiary/aromatic N) is 3. The van der Waals surface area contributed by atoms with Crippen molar-refractivity contribution in [1.29, 1.82) is 0 Å². The Balaban J connectivity index is 1.49. The normalized spacial score (nSPS) is 11.8. The number of anilines is 2. The summed E-state index contributed by atoms with van der Waals surface area (Å²) < 4.78 is 6.60. The number of nitrogens with one attached hydrogen (secondary N) is 2. The minimum absolute atomic E-state index is 0.124. The predicted octanol–water partition coefficient (Wildman–Crippen LogP) is 3.58. The zero-order valence-electron chi connectivity index (χ0n) is 15.9. The highest BCUT2D eigenvalue weighted by atomic mass is 35.5. The molecule has 29 heavy (non-hydrogen) atoms. The third kappa shape index (κ3) is 6.10. The van der Waals surface area contributed by atoms with E-state index in [4.69, 9.17) is 16.1 Å². The van der Waals surface area contributed by atoms with Crippen LogP contribution in [0.25, 0.3) is 0 Å². The van der Waals surface area contributed by atoms with Gasteiger partial charge in [-0.05, 0) is 31.5 Å². The third-order valence-electron chi connectivity index (χ3n) is 3.94. The van der Waals surface area contributed by atoms with Crippen molar-refractivity contribution in [1.82, 2.24) is 14.9 Å². The number of rotatable bonds is 8. The predicted molar refractivity (Wildman–Crippen MR) is 113 cm³/mol. The van der Waals surface area contributed by atoms with Gasteiger partial charge < -0.3 is 15.2 Å². The summed E-state index contributed by atoms with van der Waals surface area (Å²) in [6.07, 6.45) is 1.62. The van der Waals surface area contributed by atoms with Gasteiger partial charge in [-0.1, -0.05) is 28.9 Å². The van der Waals surface area contributed by atoms with Gasteiger partial charge in [0.25, 0.3) is 0 Å². The van der Waals surface area contributed by atoms with Crippen molar-refractivity contribution in [3.63, 3.8) is 0 Å². The largest absolute Gasteiger partial charge is 0.360 e. The van der Waals surface area contributed by atoms with Crippen LogP contribution < -0.4 is 10.6 Å². The van der Waals surface area contributed by atoms with Gasteiger partial charge in [0.2, 0.25) is 11.8 Å². The summed E-state index contributed by atoms with van der Waals surface area (Å²) in [5.74, 6) is 1.21. The third-order valence-corrected chi connectivity index (χ3v) is 5.34. The first kappa shape index (κ1) is 20.9. The van der Waals surface area contributed by atoms with Crippen molar-refractivity contribution in [2.45, 2.75) is 25.6 Å². The van der Waals surface area contributed by atoms with Crippen molar-refractivity contribution in [3.05, 3.63) is 58.9 Å². The van der Waals surface area contributed by atoms with Gasteiger partial charge in [0.05, 0.1) is 23.7 Å². The molecule has 3 aromatic rings. The van der Waals surface area contributed by atoms with Crippen LogP contribution in [0.15, 0.2) is 47.1 Å². The Morgan fingerprint density at radius 3 is 2.69 bits per heavy atom. The summed E-state index contributed by atoms with van der Waals surface area (Å²) in [4.78, 5) is 24.5. The molecule has 2 aromatic heterocycles. The maximum atomic E-state index is 12.3. The lowest BCUT2D eigenvalue weighted by Crippen LogP contribution is -2.25. The molecule has 10 heteroatoms. The highest BCUT2D eigenvalue weighted by Crippen LogP contribution is 2.16. The molecule has 2 amide bonds. The van der Waals surface area contributed by atoms with E-state index in [2.05, 4.69) is 20.9 Å². The number of hydrogen-bond donors (Lipinski definition) is 2. The molecule has 0 bridgehead atoms. The van der Waals surface area contributed by atoms with Crippen LogP contribution in [0.4, 0.5) is 11.6 Å². The number of carbonyl (C=O) groups excluding carboxylic acids is 2. The average molecular weight is 434 g/mol. The van der Waals surface area contributed by atoms with Crippen LogP contribution in [0, 0.1) is 6.92 Å². The minimum atomic E-state index is -0.434. The van der Waals surface area contributed by atoms with Crippen molar-refractivity contribution in [3.8, 4) is 0 Å². The minimum Gasteiger partial charge on any atom is -0.360 e. The number of amides is 2.